The Morgan fingerprint density at radius 3 is 2.86 bits per heavy atom. The zero-order chi connectivity index (χ0) is 15.8. The molecule has 1 aliphatic heterocycles. The van der Waals surface area contributed by atoms with Gasteiger partial charge in [-0.3, -0.25) is 9.69 Å². The molecule has 122 valence electrons. The van der Waals surface area contributed by atoms with E-state index in [1.807, 2.05) is 24.3 Å². The quantitative estimate of drug-likeness (QED) is 0.761. The van der Waals surface area contributed by atoms with Crippen LogP contribution in [0.5, 0.6) is 5.75 Å². The zero-order valence-corrected chi connectivity index (χ0v) is 13.1. The largest absolute Gasteiger partial charge is 0.492 e. The van der Waals surface area contributed by atoms with Gasteiger partial charge >= 0.3 is 0 Å². The second-order valence-corrected chi connectivity index (χ2v) is 5.42. The highest BCUT2D eigenvalue weighted by Gasteiger charge is 2.11. The minimum atomic E-state index is -0.505. The molecule has 6 heteroatoms. The van der Waals surface area contributed by atoms with Gasteiger partial charge in [-0.2, -0.15) is 0 Å². The lowest BCUT2D eigenvalue weighted by Gasteiger charge is -2.26. The SMILES string of the molecule is C[C@@H](N)C(=O)NCc1ccccc1OCCN1CCOCC1. The first-order valence-corrected chi connectivity index (χ1v) is 7.71. The molecule has 1 aromatic rings. The van der Waals surface area contributed by atoms with Crippen LogP contribution in [0.15, 0.2) is 24.3 Å². The summed E-state index contributed by atoms with van der Waals surface area (Å²) in [6, 6.07) is 7.23. The number of nitrogens with two attached hydrogens (primary N) is 1. The van der Waals surface area contributed by atoms with Gasteiger partial charge in [0.2, 0.25) is 5.91 Å². The monoisotopic (exact) mass is 307 g/mol. The average Bonchev–Trinajstić information content (AvgIpc) is 2.54. The van der Waals surface area contributed by atoms with E-state index in [1.54, 1.807) is 6.92 Å². The van der Waals surface area contributed by atoms with Gasteiger partial charge in [-0.05, 0) is 13.0 Å². The Morgan fingerprint density at radius 2 is 2.14 bits per heavy atom. The standard InChI is InChI=1S/C16H25N3O3/c1-13(17)16(20)18-12-14-4-2-3-5-15(14)22-11-8-19-6-9-21-10-7-19/h2-5,13H,6-12,17H2,1H3,(H,18,20)/t13-/m1/s1. The maximum Gasteiger partial charge on any atom is 0.236 e. The molecule has 1 atom stereocenters. The van der Waals surface area contributed by atoms with E-state index in [9.17, 15) is 4.79 Å². The summed E-state index contributed by atoms with van der Waals surface area (Å²) in [5, 5.41) is 2.81. The topological polar surface area (TPSA) is 76.8 Å². The molecular formula is C16H25N3O3. The van der Waals surface area contributed by atoms with Crippen LogP contribution < -0.4 is 15.8 Å². The van der Waals surface area contributed by atoms with E-state index < -0.39 is 6.04 Å². The van der Waals surface area contributed by atoms with Crippen LogP contribution in [0.25, 0.3) is 0 Å². The molecule has 0 unspecified atom stereocenters. The number of morpholine rings is 1. The number of hydrogen-bond donors (Lipinski definition) is 2. The molecule has 1 aliphatic rings. The van der Waals surface area contributed by atoms with Gasteiger partial charge < -0.3 is 20.5 Å². The number of carbonyl (C=O) groups is 1. The van der Waals surface area contributed by atoms with E-state index in [0.717, 1.165) is 44.2 Å². The van der Waals surface area contributed by atoms with Gasteiger partial charge in [0.05, 0.1) is 19.3 Å². The fraction of sp³-hybridized carbons (Fsp3) is 0.562. The van der Waals surface area contributed by atoms with Crippen molar-refractivity contribution in [2.75, 3.05) is 39.5 Å². The lowest BCUT2D eigenvalue weighted by Crippen LogP contribution is -2.39. The fourth-order valence-corrected chi connectivity index (χ4v) is 2.24. The minimum Gasteiger partial charge on any atom is -0.492 e. The summed E-state index contributed by atoms with van der Waals surface area (Å²) in [5.74, 6) is 0.642. The number of benzene rings is 1. The highest BCUT2D eigenvalue weighted by molar-refractivity contribution is 5.80. The van der Waals surface area contributed by atoms with Crippen molar-refractivity contribution in [3.05, 3.63) is 29.8 Å². The highest BCUT2D eigenvalue weighted by atomic mass is 16.5. The molecule has 0 aromatic heterocycles. The van der Waals surface area contributed by atoms with Crippen LogP contribution in [0.1, 0.15) is 12.5 Å². The van der Waals surface area contributed by atoms with E-state index in [2.05, 4.69) is 10.2 Å². The van der Waals surface area contributed by atoms with Gasteiger partial charge in [-0.1, -0.05) is 18.2 Å². The molecule has 1 amide bonds. The number of nitrogens with one attached hydrogen (secondary N) is 1. The molecule has 0 radical (unpaired) electrons. The second-order valence-electron chi connectivity index (χ2n) is 5.42. The fourth-order valence-electron chi connectivity index (χ4n) is 2.24. The average molecular weight is 307 g/mol. The van der Waals surface area contributed by atoms with Gasteiger partial charge in [0.1, 0.15) is 12.4 Å². The summed E-state index contributed by atoms with van der Waals surface area (Å²) in [4.78, 5) is 13.9. The lowest BCUT2D eigenvalue weighted by molar-refractivity contribution is -0.122. The summed E-state index contributed by atoms with van der Waals surface area (Å²) in [7, 11) is 0. The number of hydrogen-bond acceptors (Lipinski definition) is 5. The third-order valence-electron chi connectivity index (χ3n) is 3.61. The van der Waals surface area contributed by atoms with E-state index in [-0.39, 0.29) is 5.91 Å². The molecule has 0 aliphatic carbocycles. The van der Waals surface area contributed by atoms with Crippen LogP contribution in [0.3, 0.4) is 0 Å². The van der Waals surface area contributed by atoms with Crippen LogP contribution in [-0.2, 0) is 16.1 Å². The van der Waals surface area contributed by atoms with E-state index in [1.165, 1.54) is 0 Å². The Kier molecular flexibility index (Phi) is 6.64. The predicted molar refractivity (Wildman–Crippen MR) is 84.7 cm³/mol. The summed E-state index contributed by atoms with van der Waals surface area (Å²) >= 11 is 0. The maximum absolute atomic E-state index is 11.6. The van der Waals surface area contributed by atoms with Gasteiger partial charge in [0.15, 0.2) is 0 Å². The first-order chi connectivity index (χ1) is 10.7. The molecule has 1 fully saturated rings. The van der Waals surface area contributed by atoms with Gasteiger partial charge in [-0.15, -0.1) is 0 Å². The Morgan fingerprint density at radius 1 is 1.41 bits per heavy atom. The maximum atomic E-state index is 11.6. The number of carbonyl (C=O) groups excluding carboxylic acids is 1. The Labute approximate surface area is 131 Å². The summed E-state index contributed by atoms with van der Waals surface area (Å²) in [6.45, 7) is 7.08. The van der Waals surface area contributed by atoms with Crippen molar-refractivity contribution in [1.29, 1.82) is 0 Å². The van der Waals surface area contributed by atoms with Gasteiger partial charge in [0.25, 0.3) is 0 Å². The second kappa shape index (κ2) is 8.73. The number of amides is 1. The molecule has 22 heavy (non-hydrogen) atoms. The first kappa shape index (κ1) is 16.7. The van der Waals surface area contributed by atoms with Gasteiger partial charge in [0, 0.05) is 31.7 Å². The molecule has 1 heterocycles. The van der Waals surface area contributed by atoms with Crippen LogP contribution >= 0.6 is 0 Å². The van der Waals surface area contributed by atoms with Crippen molar-refractivity contribution in [3.8, 4) is 5.75 Å². The van der Waals surface area contributed by atoms with E-state index in [4.69, 9.17) is 15.2 Å². The number of nitrogens with zero attached hydrogens (tertiary/aromatic N) is 1. The molecule has 1 aromatic carbocycles. The minimum absolute atomic E-state index is 0.164. The number of rotatable bonds is 7. The number of ether oxygens (including phenoxy) is 2. The molecular weight excluding hydrogens is 282 g/mol. The van der Waals surface area contributed by atoms with Gasteiger partial charge in [-0.25, -0.2) is 0 Å². The van der Waals surface area contributed by atoms with Crippen LogP contribution in [0.4, 0.5) is 0 Å². The number of para-hydroxylation sites is 1. The van der Waals surface area contributed by atoms with Crippen LogP contribution in [0, 0.1) is 0 Å². The molecule has 3 N–H and O–H groups in total. The van der Waals surface area contributed by atoms with Crippen molar-refractivity contribution in [2.45, 2.75) is 19.5 Å². The van der Waals surface area contributed by atoms with Crippen LogP contribution in [0.2, 0.25) is 0 Å². The molecule has 0 bridgehead atoms. The zero-order valence-electron chi connectivity index (χ0n) is 13.1. The molecule has 2 rings (SSSR count). The highest BCUT2D eigenvalue weighted by Crippen LogP contribution is 2.17. The molecule has 1 saturated heterocycles. The summed E-state index contributed by atoms with van der Waals surface area (Å²) < 4.78 is 11.2. The molecule has 6 nitrogen and oxygen atoms in total. The first-order valence-electron chi connectivity index (χ1n) is 7.71. The van der Waals surface area contributed by atoms with E-state index >= 15 is 0 Å². The summed E-state index contributed by atoms with van der Waals surface area (Å²) in [6.07, 6.45) is 0. The lowest BCUT2D eigenvalue weighted by atomic mass is 10.2. The van der Waals surface area contributed by atoms with Crippen molar-refractivity contribution < 1.29 is 14.3 Å². The summed E-state index contributed by atoms with van der Waals surface area (Å²) in [5.41, 5.74) is 6.50. The molecule has 0 spiro atoms. The smallest absolute Gasteiger partial charge is 0.236 e. The third kappa shape index (κ3) is 5.29. The van der Waals surface area contributed by atoms with Crippen molar-refractivity contribution in [2.24, 2.45) is 5.73 Å². The Hall–Kier alpha value is -1.63. The van der Waals surface area contributed by atoms with E-state index in [0.29, 0.717) is 13.2 Å². The van der Waals surface area contributed by atoms with Crippen LogP contribution in [-0.4, -0.2) is 56.3 Å². The Bertz CT molecular complexity index is 473. The Balaban J connectivity index is 1.81. The molecule has 0 saturated carbocycles. The van der Waals surface area contributed by atoms with Crippen molar-refractivity contribution >= 4 is 5.91 Å². The third-order valence-corrected chi connectivity index (χ3v) is 3.61. The predicted octanol–water partition coefficient (Wildman–Crippen LogP) is 0.361. The normalized spacial score (nSPS) is 17.0. The van der Waals surface area contributed by atoms with Crippen molar-refractivity contribution in [1.82, 2.24) is 10.2 Å². The van der Waals surface area contributed by atoms with Crippen molar-refractivity contribution in [3.63, 3.8) is 0 Å².